The number of pyridine rings is 2. The molecule has 2 fully saturated rings. The molecule has 4 heterocycles. The van der Waals surface area contributed by atoms with Gasteiger partial charge in [0.05, 0.1) is 22.8 Å². The fourth-order valence-corrected chi connectivity index (χ4v) is 7.34. The molecule has 2 aliphatic carbocycles. The van der Waals surface area contributed by atoms with Crippen LogP contribution in [0.5, 0.6) is 11.8 Å². The Morgan fingerprint density at radius 3 is 1.49 bits per heavy atom. The predicted octanol–water partition coefficient (Wildman–Crippen LogP) is 10.6. The molecule has 2 saturated carbocycles. The van der Waals surface area contributed by atoms with Crippen molar-refractivity contribution in [3.63, 3.8) is 0 Å². The van der Waals surface area contributed by atoms with Gasteiger partial charge in [-0.2, -0.15) is 20.5 Å². The average molecular weight is 553 g/mol. The summed E-state index contributed by atoms with van der Waals surface area (Å²) in [6, 6.07) is 11.3. The second-order valence-electron chi connectivity index (χ2n) is 12.7. The number of hydrogen-bond acceptors (Lipinski definition) is 7. The molecule has 41 heavy (non-hydrogen) atoms. The summed E-state index contributed by atoms with van der Waals surface area (Å²) in [5, 5.41) is 18.3. The number of hydrogen-bond donors (Lipinski definition) is 0. The van der Waals surface area contributed by atoms with Gasteiger partial charge in [-0.05, 0) is 73.6 Å². The number of aromatic nitrogens is 2. The van der Waals surface area contributed by atoms with E-state index < -0.39 is 0 Å². The van der Waals surface area contributed by atoms with Crippen molar-refractivity contribution in [1.82, 2.24) is 9.97 Å². The van der Waals surface area contributed by atoms with Crippen molar-refractivity contribution in [3.8, 4) is 11.8 Å². The van der Waals surface area contributed by atoms with E-state index in [1.165, 1.54) is 77.0 Å². The molecule has 0 spiro atoms. The van der Waals surface area contributed by atoms with Crippen LogP contribution < -0.4 is 4.74 Å². The van der Waals surface area contributed by atoms with Crippen LogP contribution in [0.15, 0.2) is 80.4 Å². The Labute approximate surface area is 244 Å². The molecule has 2 unspecified atom stereocenters. The molecule has 0 N–H and O–H groups in total. The SMILES string of the molecule is CCC1(CC2=CC(c3cccc(Oc4cccc(C5C=C(CC6(CC)CCCCC6)N=N5)n4)n3)N=N2)CCCCC1. The third-order valence-corrected chi connectivity index (χ3v) is 10.1. The Morgan fingerprint density at radius 1 is 0.634 bits per heavy atom. The Balaban J connectivity index is 1.11. The second-order valence-corrected chi connectivity index (χ2v) is 12.7. The zero-order valence-corrected chi connectivity index (χ0v) is 24.8. The van der Waals surface area contributed by atoms with Gasteiger partial charge in [0.25, 0.3) is 0 Å². The van der Waals surface area contributed by atoms with E-state index in [1.807, 2.05) is 36.4 Å². The maximum atomic E-state index is 6.13. The van der Waals surface area contributed by atoms with E-state index in [-0.39, 0.29) is 12.1 Å². The highest BCUT2D eigenvalue weighted by molar-refractivity contribution is 5.30. The maximum Gasteiger partial charge on any atom is 0.221 e. The van der Waals surface area contributed by atoms with Gasteiger partial charge in [-0.15, -0.1) is 0 Å². The lowest BCUT2D eigenvalue weighted by atomic mass is 9.69. The highest BCUT2D eigenvalue weighted by atomic mass is 16.5. The lowest BCUT2D eigenvalue weighted by Gasteiger charge is -2.36. The van der Waals surface area contributed by atoms with Gasteiger partial charge >= 0.3 is 0 Å². The molecule has 4 aliphatic rings. The normalized spacial score (nSPS) is 24.7. The van der Waals surface area contributed by atoms with Crippen LogP contribution >= 0.6 is 0 Å². The first-order valence-corrected chi connectivity index (χ1v) is 15.9. The zero-order valence-electron chi connectivity index (χ0n) is 24.8. The largest absolute Gasteiger partial charge is 0.421 e. The number of allylic oxidation sites excluding steroid dienone is 2. The Bertz CT molecular complexity index is 1230. The summed E-state index contributed by atoms with van der Waals surface area (Å²) in [5.41, 5.74) is 4.66. The summed E-state index contributed by atoms with van der Waals surface area (Å²) < 4.78 is 6.13. The van der Waals surface area contributed by atoms with Crippen molar-refractivity contribution in [2.45, 2.75) is 116 Å². The molecule has 0 aromatic carbocycles. The minimum absolute atomic E-state index is 0.164. The molecule has 2 aromatic heterocycles. The monoisotopic (exact) mass is 552 g/mol. The third-order valence-electron chi connectivity index (χ3n) is 10.1. The van der Waals surface area contributed by atoms with Gasteiger partial charge in [-0.1, -0.05) is 77.3 Å². The Kier molecular flexibility index (Phi) is 8.40. The number of nitrogens with zero attached hydrogens (tertiary/aromatic N) is 6. The second kappa shape index (κ2) is 12.3. The van der Waals surface area contributed by atoms with Crippen LogP contribution in [-0.2, 0) is 0 Å². The van der Waals surface area contributed by atoms with E-state index in [2.05, 4.69) is 46.5 Å². The molecule has 216 valence electrons. The fraction of sp³-hybridized carbons (Fsp3) is 0.588. The van der Waals surface area contributed by atoms with E-state index in [0.29, 0.717) is 22.6 Å². The fourth-order valence-electron chi connectivity index (χ4n) is 7.34. The van der Waals surface area contributed by atoms with Gasteiger partial charge < -0.3 is 4.74 Å². The van der Waals surface area contributed by atoms with Gasteiger partial charge in [-0.25, -0.2) is 9.97 Å². The molecule has 0 radical (unpaired) electrons. The maximum absolute atomic E-state index is 6.13. The lowest BCUT2D eigenvalue weighted by molar-refractivity contribution is 0.178. The molecular formula is C34H44N6O. The van der Waals surface area contributed by atoms with Crippen LogP contribution in [0.3, 0.4) is 0 Å². The van der Waals surface area contributed by atoms with Crippen LogP contribution in [-0.4, -0.2) is 9.97 Å². The molecule has 7 nitrogen and oxygen atoms in total. The van der Waals surface area contributed by atoms with Crippen molar-refractivity contribution in [3.05, 3.63) is 71.3 Å². The van der Waals surface area contributed by atoms with Crippen molar-refractivity contribution < 1.29 is 4.74 Å². The molecule has 2 aliphatic heterocycles. The first kappa shape index (κ1) is 27.9. The molecule has 0 saturated heterocycles. The minimum Gasteiger partial charge on any atom is -0.421 e. The Hall–Kier alpha value is -3.22. The number of ether oxygens (including phenoxy) is 1. The summed E-state index contributed by atoms with van der Waals surface area (Å²) >= 11 is 0. The number of azo groups is 2. The quantitative estimate of drug-likeness (QED) is 0.294. The van der Waals surface area contributed by atoms with E-state index in [9.17, 15) is 0 Å². The summed E-state index contributed by atoms with van der Waals surface area (Å²) in [4.78, 5) is 9.55. The predicted molar refractivity (Wildman–Crippen MR) is 161 cm³/mol. The molecule has 7 heteroatoms. The summed E-state index contributed by atoms with van der Waals surface area (Å²) in [6.45, 7) is 4.65. The zero-order chi connectivity index (χ0) is 28.1. The Morgan fingerprint density at radius 2 is 1.07 bits per heavy atom. The summed E-state index contributed by atoms with van der Waals surface area (Å²) in [5.74, 6) is 1.01. The molecular weight excluding hydrogens is 508 g/mol. The smallest absolute Gasteiger partial charge is 0.221 e. The first-order valence-electron chi connectivity index (χ1n) is 15.9. The lowest BCUT2D eigenvalue weighted by Crippen LogP contribution is -2.23. The van der Waals surface area contributed by atoms with Crippen LogP contribution in [0.25, 0.3) is 0 Å². The minimum atomic E-state index is -0.164. The highest BCUT2D eigenvalue weighted by Gasteiger charge is 2.34. The van der Waals surface area contributed by atoms with Crippen LogP contribution in [0.2, 0.25) is 0 Å². The van der Waals surface area contributed by atoms with Gasteiger partial charge in [0.2, 0.25) is 11.8 Å². The topological polar surface area (TPSA) is 84.5 Å². The summed E-state index contributed by atoms with van der Waals surface area (Å²) in [7, 11) is 0. The van der Waals surface area contributed by atoms with Gasteiger partial charge in [0.1, 0.15) is 12.1 Å². The average Bonchev–Trinajstić information content (AvgIpc) is 3.68. The van der Waals surface area contributed by atoms with E-state index in [0.717, 1.165) is 35.6 Å². The summed E-state index contributed by atoms with van der Waals surface area (Å²) in [6.07, 6.45) is 22.1. The van der Waals surface area contributed by atoms with Crippen LogP contribution in [0, 0.1) is 10.8 Å². The molecule has 0 bridgehead atoms. The van der Waals surface area contributed by atoms with Crippen molar-refractivity contribution in [2.75, 3.05) is 0 Å². The number of rotatable bonds is 10. The third kappa shape index (κ3) is 6.49. The highest BCUT2D eigenvalue weighted by Crippen LogP contribution is 2.47. The van der Waals surface area contributed by atoms with Gasteiger partial charge in [0.15, 0.2) is 0 Å². The molecule has 6 rings (SSSR count). The van der Waals surface area contributed by atoms with Gasteiger partial charge in [-0.3, -0.25) is 0 Å². The van der Waals surface area contributed by atoms with Crippen LogP contribution in [0.4, 0.5) is 0 Å². The molecule has 2 atom stereocenters. The van der Waals surface area contributed by atoms with Crippen molar-refractivity contribution in [2.24, 2.45) is 31.3 Å². The van der Waals surface area contributed by atoms with Crippen molar-refractivity contribution >= 4 is 0 Å². The van der Waals surface area contributed by atoms with Crippen molar-refractivity contribution in [1.29, 1.82) is 0 Å². The van der Waals surface area contributed by atoms with E-state index >= 15 is 0 Å². The van der Waals surface area contributed by atoms with Crippen LogP contribution in [0.1, 0.15) is 127 Å². The first-order chi connectivity index (χ1) is 20.1. The molecule has 0 amide bonds. The molecule has 2 aromatic rings. The van der Waals surface area contributed by atoms with E-state index in [4.69, 9.17) is 14.7 Å². The van der Waals surface area contributed by atoms with E-state index in [1.54, 1.807) is 0 Å². The standard InChI is InChI=1S/C34H44N6O/c1-3-33(17-7-5-8-18-33)23-25-21-29(39-37-25)27-13-11-15-31(35-27)41-32-16-12-14-28(36-32)30-22-26(38-40-30)24-34(4-2)19-9-6-10-20-34/h11-16,21-22,29-30H,3-10,17-20,23-24H2,1-2H3. The van der Waals surface area contributed by atoms with Gasteiger partial charge in [0, 0.05) is 12.1 Å².